The number of nitro benzene ring substituents is 1. The summed E-state index contributed by atoms with van der Waals surface area (Å²) in [6.07, 6.45) is -1.15. The quantitative estimate of drug-likeness (QED) is 0.620. The van der Waals surface area contributed by atoms with Crippen LogP contribution >= 0.6 is 0 Å². The van der Waals surface area contributed by atoms with E-state index >= 15 is 0 Å². The van der Waals surface area contributed by atoms with E-state index in [2.05, 4.69) is 0 Å². The Labute approximate surface area is 138 Å². The van der Waals surface area contributed by atoms with Crippen LogP contribution in [0.3, 0.4) is 0 Å². The summed E-state index contributed by atoms with van der Waals surface area (Å²) in [6, 6.07) is 2.05. The van der Waals surface area contributed by atoms with E-state index in [-0.39, 0.29) is 17.7 Å². The van der Waals surface area contributed by atoms with Gasteiger partial charge in [-0.1, -0.05) is 0 Å². The standard InChI is InChI=1S/C15H20N2O7/c1-15(2,3)24-14(21)16(4)12(13(19)20)7-9-5-6-10(18)8-11(9)17(22)23/h5-6,8,12,18H,7H2,1-4H3,(H,19,20)/t12-/m1/s1. The van der Waals surface area contributed by atoms with Gasteiger partial charge in [0.05, 0.1) is 11.0 Å². The smallest absolute Gasteiger partial charge is 0.410 e. The van der Waals surface area contributed by atoms with Gasteiger partial charge in [0.1, 0.15) is 17.4 Å². The Kier molecular flexibility index (Phi) is 5.73. The second-order valence-corrected chi connectivity index (χ2v) is 6.22. The monoisotopic (exact) mass is 340 g/mol. The number of carbonyl (C=O) groups excluding carboxylic acids is 1. The molecule has 0 aliphatic rings. The summed E-state index contributed by atoms with van der Waals surface area (Å²) in [5.74, 6) is -1.64. The van der Waals surface area contributed by atoms with Crippen molar-refractivity contribution in [2.45, 2.75) is 38.8 Å². The molecule has 0 fully saturated rings. The van der Waals surface area contributed by atoms with Crippen molar-refractivity contribution in [2.24, 2.45) is 0 Å². The molecule has 0 bridgehead atoms. The summed E-state index contributed by atoms with van der Waals surface area (Å²) < 4.78 is 5.11. The fraction of sp³-hybridized carbons (Fsp3) is 0.467. The number of ether oxygens (including phenoxy) is 1. The number of hydrogen-bond donors (Lipinski definition) is 2. The number of aliphatic carboxylic acids is 1. The summed E-state index contributed by atoms with van der Waals surface area (Å²) in [5.41, 5.74) is -1.14. The predicted molar refractivity (Wildman–Crippen MR) is 83.9 cm³/mol. The van der Waals surface area contributed by atoms with Crippen molar-refractivity contribution < 1.29 is 29.5 Å². The van der Waals surface area contributed by atoms with E-state index in [1.165, 1.54) is 19.2 Å². The summed E-state index contributed by atoms with van der Waals surface area (Å²) in [4.78, 5) is 34.7. The van der Waals surface area contributed by atoms with Gasteiger partial charge in [0, 0.05) is 19.0 Å². The van der Waals surface area contributed by atoms with Gasteiger partial charge in [0.25, 0.3) is 5.69 Å². The molecular weight excluding hydrogens is 320 g/mol. The van der Waals surface area contributed by atoms with Crippen LogP contribution in [0.1, 0.15) is 26.3 Å². The number of hydrogen-bond acceptors (Lipinski definition) is 6. The first kappa shape index (κ1) is 19.2. The molecule has 0 saturated carbocycles. The fourth-order valence-electron chi connectivity index (χ4n) is 1.95. The van der Waals surface area contributed by atoms with Gasteiger partial charge in [-0.15, -0.1) is 0 Å². The number of amides is 1. The van der Waals surface area contributed by atoms with E-state index in [9.17, 15) is 29.9 Å². The molecular formula is C15H20N2O7. The molecule has 0 radical (unpaired) electrons. The second kappa shape index (κ2) is 7.16. The molecule has 1 rings (SSSR count). The van der Waals surface area contributed by atoms with E-state index in [1.807, 2.05) is 0 Å². The average Bonchev–Trinajstić information content (AvgIpc) is 2.42. The van der Waals surface area contributed by atoms with Crippen molar-refractivity contribution in [2.75, 3.05) is 7.05 Å². The van der Waals surface area contributed by atoms with Gasteiger partial charge in [-0.2, -0.15) is 0 Å². The van der Waals surface area contributed by atoms with Crippen molar-refractivity contribution >= 4 is 17.7 Å². The highest BCUT2D eigenvalue weighted by atomic mass is 16.6. The van der Waals surface area contributed by atoms with Gasteiger partial charge >= 0.3 is 12.1 Å². The Bertz CT molecular complexity index is 652. The van der Waals surface area contributed by atoms with Crippen LogP contribution in [-0.2, 0) is 16.0 Å². The lowest BCUT2D eigenvalue weighted by Crippen LogP contribution is -2.46. The molecule has 132 valence electrons. The van der Waals surface area contributed by atoms with Gasteiger partial charge in [-0.25, -0.2) is 9.59 Å². The van der Waals surface area contributed by atoms with Crippen LogP contribution in [0.15, 0.2) is 18.2 Å². The lowest BCUT2D eigenvalue weighted by Gasteiger charge is -2.28. The number of phenolic OH excluding ortho intramolecular Hbond substituents is 1. The van der Waals surface area contributed by atoms with Crippen molar-refractivity contribution in [1.82, 2.24) is 4.90 Å². The minimum absolute atomic E-state index is 0.0839. The largest absolute Gasteiger partial charge is 0.508 e. The molecule has 1 amide bonds. The van der Waals surface area contributed by atoms with E-state index < -0.39 is 34.3 Å². The number of phenols is 1. The van der Waals surface area contributed by atoms with Crippen molar-refractivity contribution in [3.8, 4) is 5.75 Å². The Morgan fingerprint density at radius 3 is 2.42 bits per heavy atom. The number of benzene rings is 1. The van der Waals surface area contributed by atoms with Crippen LogP contribution in [0, 0.1) is 10.1 Å². The zero-order valence-electron chi connectivity index (χ0n) is 13.8. The average molecular weight is 340 g/mol. The van der Waals surface area contributed by atoms with Gasteiger partial charge in [0.2, 0.25) is 0 Å². The second-order valence-electron chi connectivity index (χ2n) is 6.22. The first-order chi connectivity index (χ1) is 10.9. The molecule has 1 atom stereocenters. The molecule has 0 spiro atoms. The number of carbonyl (C=O) groups is 2. The minimum atomic E-state index is -1.36. The molecule has 1 aromatic carbocycles. The van der Waals surface area contributed by atoms with E-state index in [0.717, 1.165) is 11.0 Å². The number of carboxylic acid groups (broad SMARTS) is 1. The van der Waals surface area contributed by atoms with E-state index in [1.54, 1.807) is 20.8 Å². The maximum Gasteiger partial charge on any atom is 0.410 e. The van der Waals surface area contributed by atoms with Gasteiger partial charge in [0.15, 0.2) is 0 Å². The van der Waals surface area contributed by atoms with Gasteiger partial charge < -0.3 is 14.9 Å². The van der Waals surface area contributed by atoms with E-state index in [0.29, 0.717) is 0 Å². The summed E-state index contributed by atoms with van der Waals surface area (Å²) in [6.45, 7) is 4.91. The van der Waals surface area contributed by atoms with Crippen molar-refractivity contribution in [3.05, 3.63) is 33.9 Å². The highest BCUT2D eigenvalue weighted by molar-refractivity contribution is 5.80. The molecule has 2 N–H and O–H groups in total. The van der Waals surface area contributed by atoms with Crippen LogP contribution in [-0.4, -0.2) is 50.8 Å². The van der Waals surface area contributed by atoms with Gasteiger partial charge in [-0.3, -0.25) is 15.0 Å². The van der Waals surface area contributed by atoms with Crippen molar-refractivity contribution in [3.63, 3.8) is 0 Å². The molecule has 9 heteroatoms. The topological polar surface area (TPSA) is 130 Å². The number of nitro groups is 1. The SMILES string of the molecule is CN(C(=O)OC(C)(C)C)[C@H](Cc1ccc(O)cc1[N+](=O)[O-])C(=O)O. The minimum Gasteiger partial charge on any atom is -0.508 e. The molecule has 0 aliphatic carbocycles. The lowest BCUT2D eigenvalue weighted by atomic mass is 10.0. The number of carboxylic acids is 1. The summed E-state index contributed by atoms with van der Waals surface area (Å²) >= 11 is 0. The van der Waals surface area contributed by atoms with Crippen LogP contribution in [0.5, 0.6) is 5.75 Å². The molecule has 0 aliphatic heterocycles. The maximum absolute atomic E-state index is 12.0. The van der Waals surface area contributed by atoms with Crippen LogP contribution < -0.4 is 0 Å². The van der Waals surface area contributed by atoms with Crippen LogP contribution in [0.2, 0.25) is 0 Å². The number of rotatable bonds is 5. The van der Waals surface area contributed by atoms with Crippen LogP contribution in [0.4, 0.5) is 10.5 Å². The number of aromatic hydroxyl groups is 1. The third-order valence-electron chi connectivity index (χ3n) is 3.11. The molecule has 0 saturated heterocycles. The molecule has 24 heavy (non-hydrogen) atoms. The zero-order chi connectivity index (χ0) is 18.7. The number of nitrogens with zero attached hydrogens (tertiary/aromatic N) is 2. The maximum atomic E-state index is 12.0. The molecule has 9 nitrogen and oxygen atoms in total. The molecule has 1 aromatic rings. The zero-order valence-corrected chi connectivity index (χ0v) is 13.8. The highest BCUT2D eigenvalue weighted by Gasteiger charge is 2.32. The van der Waals surface area contributed by atoms with Crippen LogP contribution in [0.25, 0.3) is 0 Å². The molecule has 0 aromatic heterocycles. The Morgan fingerprint density at radius 1 is 1.38 bits per heavy atom. The highest BCUT2D eigenvalue weighted by Crippen LogP contribution is 2.26. The first-order valence-corrected chi connectivity index (χ1v) is 7.07. The fourth-order valence-corrected chi connectivity index (χ4v) is 1.95. The summed E-state index contributed by atoms with van der Waals surface area (Å²) in [7, 11) is 1.25. The van der Waals surface area contributed by atoms with Crippen molar-refractivity contribution in [1.29, 1.82) is 0 Å². The lowest BCUT2D eigenvalue weighted by molar-refractivity contribution is -0.385. The first-order valence-electron chi connectivity index (χ1n) is 7.07. The third-order valence-corrected chi connectivity index (χ3v) is 3.11. The molecule has 0 heterocycles. The number of likely N-dealkylation sites (N-methyl/N-ethyl adjacent to an activating group) is 1. The predicted octanol–water partition coefficient (Wildman–Crippen LogP) is 2.16. The Balaban J connectivity index is 3.09. The summed E-state index contributed by atoms with van der Waals surface area (Å²) in [5, 5.41) is 29.8. The third kappa shape index (κ3) is 5.11. The normalized spacial score (nSPS) is 12.3. The Morgan fingerprint density at radius 2 is 1.96 bits per heavy atom. The van der Waals surface area contributed by atoms with E-state index in [4.69, 9.17) is 4.74 Å². The molecule has 0 unspecified atom stereocenters. The van der Waals surface area contributed by atoms with Gasteiger partial charge in [-0.05, 0) is 32.9 Å². The Hall–Kier alpha value is -2.84.